The average molecular weight is 316 g/mol. The molecule has 1 aromatic carbocycles. The van der Waals surface area contributed by atoms with E-state index in [1.54, 1.807) is 11.8 Å². The average Bonchev–Trinajstić information content (AvgIpc) is 2.30. The molecule has 0 heterocycles. The fraction of sp³-hybridized carbons (Fsp3) is 0.462. The number of benzene rings is 1. The molecule has 94 valence electrons. The summed E-state index contributed by atoms with van der Waals surface area (Å²) in [5.41, 5.74) is 1.23. The van der Waals surface area contributed by atoms with Crippen molar-refractivity contribution in [2.45, 2.75) is 31.6 Å². The van der Waals surface area contributed by atoms with Crippen LogP contribution in [0.5, 0.6) is 0 Å². The minimum absolute atomic E-state index is 0.0161. The molecule has 1 N–H and O–H groups in total. The maximum absolute atomic E-state index is 11.7. The van der Waals surface area contributed by atoms with Crippen molar-refractivity contribution in [1.29, 1.82) is 0 Å². The van der Waals surface area contributed by atoms with Gasteiger partial charge in [-0.25, -0.2) is 0 Å². The van der Waals surface area contributed by atoms with Crippen LogP contribution in [0.4, 0.5) is 0 Å². The molecule has 1 rings (SSSR count). The summed E-state index contributed by atoms with van der Waals surface area (Å²) in [5, 5.41) is 3.04. The van der Waals surface area contributed by atoms with E-state index in [4.69, 9.17) is 0 Å². The van der Waals surface area contributed by atoms with Gasteiger partial charge in [-0.3, -0.25) is 4.79 Å². The van der Waals surface area contributed by atoms with Crippen LogP contribution < -0.4 is 5.32 Å². The minimum Gasteiger partial charge on any atom is -0.352 e. The Morgan fingerprint density at radius 3 is 2.47 bits per heavy atom. The smallest absolute Gasteiger partial charge is 0.233 e. The molecule has 17 heavy (non-hydrogen) atoms. The summed E-state index contributed by atoms with van der Waals surface area (Å²) >= 11 is 4.97. The molecule has 0 aliphatic rings. The summed E-state index contributed by atoms with van der Waals surface area (Å²) in [4.78, 5) is 11.7. The zero-order chi connectivity index (χ0) is 12.8. The molecule has 0 radical (unpaired) electrons. The van der Waals surface area contributed by atoms with Gasteiger partial charge in [0.25, 0.3) is 0 Å². The van der Waals surface area contributed by atoms with Crippen LogP contribution in [0.2, 0.25) is 0 Å². The first-order chi connectivity index (χ1) is 8.02. The number of amides is 1. The van der Waals surface area contributed by atoms with Crippen molar-refractivity contribution < 1.29 is 4.79 Å². The molecule has 0 spiro atoms. The van der Waals surface area contributed by atoms with E-state index in [1.165, 1.54) is 5.56 Å². The molecule has 0 unspecified atom stereocenters. The highest BCUT2D eigenvalue weighted by molar-refractivity contribution is 9.10. The Morgan fingerprint density at radius 1 is 1.35 bits per heavy atom. The molecule has 0 fully saturated rings. The van der Waals surface area contributed by atoms with E-state index in [0.717, 1.165) is 10.9 Å². The third kappa shape index (κ3) is 5.13. The Kier molecular flexibility index (Phi) is 6.06. The zero-order valence-electron chi connectivity index (χ0n) is 10.4. The van der Waals surface area contributed by atoms with Crippen LogP contribution in [0.15, 0.2) is 28.7 Å². The van der Waals surface area contributed by atoms with Gasteiger partial charge in [0.05, 0.1) is 5.25 Å². The predicted octanol–water partition coefficient (Wildman–Crippen LogP) is 3.25. The normalized spacial score (nSPS) is 14.1. The third-order valence-corrected chi connectivity index (χ3v) is 4.02. The van der Waals surface area contributed by atoms with Gasteiger partial charge in [0.1, 0.15) is 0 Å². The van der Waals surface area contributed by atoms with Crippen LogP contribution in [-0.4, -0.2) is 23.5 Å². The molecule has 0 aromatic heterocycles. The zero-order valence-corrected chi connectivity index (χ0v) is 12.8. The molecular formula is C13H18BrNOS. The number of hydrogen-bond acceptors (Lipinski definition) is 2. The number of carbonyl (C=O) groups is 1. The topological polar surface area (TPSA) is 29.1 Å². The highest BCUT2D eigenvalue weighted by atomic mass is 79.9. The molecule has 0 aliphatic heterocycles. The van der Waals surface area contributed by atoms with E-state index < -0.39 is 0 Å². The Hall–Kier alpha value is -0.480. The Balaban J connectivity index is 2.47. The Bertz CT molecular complexity index is 366. The van der Waals surface area contributed by atoms with Gasteiger partial charge < -0.3 is 5.32 Å². The van der Waals surface area contributed by atoms with Gasteiger partial charge in [-0.05, 0) is 44.2 Å². The molecule has 0 aliphatic carbocycles. The van der Waals surface area contributed by atoms with E-state index >= 15 is 0 Å². The quantitative estimate of drug-likeness (QED) is 0.903. The second-order valence-corrected chi connectivity index (χ2v) is 6.21. The SMILES string of the molecule is CS[C@@H](C)C(=O)N[C@H](C)Cc1ccc(Br)cc1. The number of hydrogen-bond donors (Lipinski definition) is 1. The molecule has 0 bridgehead atoms. The van der Waals surface area contributed by atoms with E-state index in [2.05, 4.69) is 33.4 Å². The summed E-state index contributed by atoms with van der Waals surface area (Å²) in [6.07, 6.45) is 2.81. The summed E-state index contributed by atoms with van der Waals surface area (Å²) < 4.78 is 1.08. The largest absolute Gasteiger partial charge is 0.352 e. The first kappa shape index (κ1) is 14.6. The van der Waals surface area contributed by atoms with Crippen LogP contribution in [0.1, 0.15) is 19.4 Å². The number of nitrogens with one attached hydrogen (secondary N) is 1. The summed E-state index contributed by atoms with van der Waals surface area (Å²) in [6.45, 7) is 3.96. The molecule has 1 aromatic rings. The Morgan fingerprint density at radius 2 is 1.94 bits per heavy atom. The van der Waals surface area contributed by atoms with Gasteiger partial charge in [-0.15, -0.1) is 0 Å². The number of carbonyl (C=O) groups excluding carboxylic acids is 1. The van der Waals surface area contributed by atoms with Crippen LogP contribution in [0.3, 0.4) is 0 Å². The standard InChI is InChI=1S/C13H18BrNOS/c1-9(15-13(16)10(2)17-3)8-11-4-6-12(14)7-5-11/h4-7,9-10H,8H2,1-3H3,(H,15,16)/t9-,10+/m1/s1. The monoisotopic (exact) mass is 315 g/mol. The van der Waals surface area contributed by atoms with E-state index in [1.807, 2.05) is 32.2 Å². The number of rotatable bonds is 5. The van der Waals surface area contributed by atoms with E-state index in [0.29, 0.717) is 0 Å². The molecule has 0 saturated heterocycles. The molecular weight excluding hydrogens is 298 g/mol. The van der Waals surface area contributed by atoms with Crippen molar-refractivity contribution in [2.75, 3.05) is 6.26 Å². The molecule has 4 heteroatoms. The van der Waals surface area contributed by atoms with Crippen LogP contribution in [0, 0.1) is 0 Å². The first-order valence-electron chi connectivity index (χ1n) is 5.60. The minimum atomic E-state index is 0.0161. The highest BCUT2D eigenvalue weighted by Gasteiger charge is 2.13. The second-order valence-electron chi connectivity index (χ2n) is 4.12. The maximum atomic E-state index is 11.7. The fourth-order valence-electron chi connectivity index (χ4n) is 1.49. The molecule has 0 saturated carbocycles. The molecule has 2 nitrogen and oxygen atoms in total. The second kappa shape index (κ2) is 7.07. The van der Waals surface area contributed by atoms with Crippen molar-refractivity contribution >= 4 is 33.6 Å². The first-order valence-corrected chi connectivity index (χ1v) is 7.68. The van der Waals surface area contributed by atoms with Crippen molar-refractivity contribution in [3.63, 3.8) is 0 Å². The van der Waals surface area contributed by atoms with E-state index in [-0.39, 0.29) is 17.2 Å². The number of halogens is 1. The van der Waals surface area contributed by atoms with E-state index in [9.17, 15) is 4.79 Å². The van der Waals surface area contributed by atoms with Crippen molar-refractivity contribution in [2.24, 2.45) is 0 Å². The van der Waals surface area contributed by atoms with Gasteiger partial charge in [-0.2, -0.15) is 11.8 Å². The lowest BCUT2D eigenvalue weighted by molar-refractivity contribution is -0.120. The maximum Gasteiger partial charge on any atom is 0.233 e. The number of thioether (sulfide) groups is 1. The van der Waals surface area contributed by atoms with Crippen molar-refractivity contribution in [3.8, 4) is 0 Å². The van der Waals surface area contributed by atoms with Crippen LogP contribution >= 0.6 is 27.7 Å². The van der Waals surface area contributed by atoms with Gasteiger partial charge in [0.2, 0.25) is 5.91 Å². The summed E-state index contributed by atoms with van der Waals surface area (Å²) in [7, 11) is 0. The Labute approximate surface area is 116 Å². The summed E-state index contributed by atoms with van der Waals surface area (Å²) in [6, 6.07) is 8.36. The lowest BCUT2D eigenvalue weighted by atomic mass is 10.1. The van der Waals surface area contributed by atoms with Gasteiger partial charge in [0.15, 0.2) is 0 Å². The van der Waals surface area contributed by atoms with Crippen molar-refractivity contribution in [3.05, 3.63) is 34.3 Å². The lowest BCUT2D eigenvalue weighted by Gasteiger charge is -2.16. The summed E-state index contributed by atoms with van der Waals surface area (Å²) in [5.74, 6) is 0.113. The van der Waals surface area contributed by atoms with Gasteiger partial charge >= 0.3 is 0 Å². The van der Waals surface area contributed by atoms with Crippen LogP contribution in [0.25, 0.3) is 0 Å². The lowest BCUT2D eigenvalue weighted by Crippen LogP contribution is -2.38. The van der Waals surface area contributed by atoms with Crippen molar-refractivity contribution in [1.82, 2.24) is 5.32 Å². The third-order valence-electron chi connectivity index (χ3n) is 2.57. The predicted molar refractivity (Wildman–Crippen MR) is 78.4 cm³/mol. The van der Waals surface area contributed by atoms with Gasteiger partial charge in [-0.1, -0.05) is 28.1 Å². The fourth-order valence-corrected chi connectivity index (χ4v) is 2.04. The van der Waals surface area contributed by atoms with Crippen LogP contribution in [-0.2, 0) is 11.2 Å². The molecule has 2 atom stereocenters. The van der Waals surface area contributed by atoms with Gasteiger partial charge in [0, 0.05) is 10.5 Å². The highest BCUT2D eigenvalue weighted by Crippen LogP contribution is 2.12. The molecule has 1 amide bonds.